The Morgan fingerprint density at radius 2 is 2.26 bits per heavy atom. The van der Waals surface area contributed by atoms with E-state index in [1.807, 2.05) is 6.07 Å². The normalized spacial score (nSPS) is 21.0. The van der Waals surface area contributed by atoms with E-state index >= 15 is 0 Å². The average molecular weight is 278 g/mol. The zero-order valence-corrected chi connectivity index (χ0v) is 11.6. The van der Waals surface area contributed by atoms with Crippen molar-refractivity contribution in [2.45, 2.75) is 19.1 Å². The standard InChI is InChI=1S/C13H18N4OS/c14-4-3-11-9-17(5-6-18-11)8-10-1-2-12-13(7-10)16-19-15-12/h1-2,7,11H,3-6,8-9,14H2/t11-/m0/s1. The first kappa shape index (κ1) is 12.9. The summed E-state index contributed by atoms with van der Waals surface area (Å²) in [6, 6.07) is 6.31. The summed E-state index contributed by atoms with van der Waals surface area (Å²) in [5.74, 6) is 0. The van der Waals surface area contributed by atoms with Crippen molar-refractivity contribution in [3.63, 3.8) is 0 Å². The number of hydrogen-bond donors (Lipinski definition) is 1. The SMILES string of the molecule is NCC[C@H]1CN(Cc2ccc3nsnc3c2)CCO1. The molecule has 1 atom stereocenters. The highest BCUT2D eigenvalue weighted by Crippen LogP contribution is 2.17. The number of hydrogen-bond acceptors (Lipinski definition) is 6. The van der Waals surface area contributed by atoms with Crippen molar-refractivity contribution in [1.29, 1.82) is 0 Å². The smallest absolute Gasteiger partial charge is 0.105 e. The van der Waals surface area contributed by atoms with Crippen molar-refractivity contribution in [3.8, 4) is 0 Å². The van der Waals surface area contributed by atoms with Gasteiger partial charge in [-0.15, -0.1) is 0 Å². The molecule has 0 amide bonds. The summed E-state index contributed by atoms with van der Waals surface area (Å²) >= 11 is 1.27. The molecule has 2 N–H and O–H groups in total. The molecule has 0 saturated carbocycles. The van der Waals surface area contributed by atoms with Crippen LogP contribution in [0.4, 0.5) is 0 Å². The predicted octanol–water partition coefficient (Wildman–Crippen LogP) is 1.24. The summed E-state index contributed by atoms with van der Waals surface area (Å²) in [5, 5.41) is 0. The summed E-state index contributed by atoms with van der Waals surface area (Å²) in [6.07, 6.45) is 1.22. The van der Waals surface area contributed by atoms with Crippen LogP contribution < -0.4 is 5.73 Å². The molecule has 3 rings (SSSR count). The summed E-state index contributed by atoms with van der Waals surface area (Å²) in [6.45, 7) is 4.37. The zero-order valence-electron chi connectivity index (χ0n) is 10.8. The van der Waals surface area contributed by atoms with Crippen LogP contribution in [0.3, 0.4) is 0 Å². The topological polar surface area (TPSA) is 64.3 Å². The molecule has 2 aromatic rings. The Bertz CT molecular complexity index is 542. The molecule has 6 heteroatoms. The van der Waals surface area contributed by atoms with E-state index in [2.05, 4.69) is 25.8 Å². The van der Waals surface area contributed by atoms with Gasteiger partial charge in [-0.3, -0.25) is 4.90 Å². The van der Waals surface area contributed by atoms with E-state index in [9.17, 15) is 0 Å². The fourth-order valence-corrected chi connectivity index (χ4v) is 2.99. The Kier molecular flexibility index (Phi) is 4.03. The van der Waals surface area contributed by atoms with Gasteiger partial charge < -0.3 is 10.5 Å². The molecule has 0 bridgehead atoms. The van der Waals surface area contributed by atoms with Crippen LogP contribution in [-0.2, 0) is 11.3 Å². The number of morpholine rings is 1. The lowest BCUT2D eigenvalue weighted by atomic mass is 10.1. The average Bonchev–Trinajstić information content (AvgIpc) is 2.87. The number of benzene rings is 1. The quantitative estimate of drug-likeness (QED) is 0.911. The minimum atomic E-state index is 0.281. The van der Waals surface area contributed by atoms with E-state index in [0.29, 0.717) is 6.54 Å². The van der Waals surface area contributed by atoms with Crippen molar-refractivity contribution in [2.75, 3.05) is 26.2 Å². The number of ether oxygens (including phenoxy) is 1. The monoisotopic (exact) mass is 278 g/mol. The molecular weight excluding hydrogens is 260 g/mol. The van der Waals surface area contributed by atoms with Gasteiger partial charge in [0.2, 0.25) is 0 Å². The van der Waals surface area contributed by atoms with E-state index in [1.165, 1.54) is 17.3 Å². The third-order valence-electron chi connectivity index (χ3n) is 3.44. The van der Waals surface area contributed by atoms with Gasteiger partial charge >= 0.3 is 0 Å². The van der Waals surface area contributed by atoms with Crippen LogP contribution in [0.2, 0.25) is 0 Å². The number of rotatable bonds is 4. The summed E-state index contributed by atoms with van der Waals surface area (Å²) in [7, 11) is 0. The summed E-state index contributed by atoms with van der Waals surface area (Å²) in [4.78, 5) is 2.42. The second kappa shape index (κ2) is 5.92. The van der Waals surface area contributed by atoms with Crippen molar-refractivity contribution in [3.05, 3.63) is 23.8 Å². The third-order valence-corrected chi connectivity index (χ3v) is 3.99. The Morgan fingerprint density at radius 3 is 3.16 bits per heavy atom. The maximum Gasteiger partial charge on any atom is 0.105 e. The molecule has 1 aliphatic rings. The second-order valence-electron chi connectivity index (χ2n) is 4.89. The lowest BCUT2D eigenvalue weighted by Gasteiger charge is -2.32. The van der Waals surface area contributed by atoms with Crippen molar-refractivity contribution in [2.24, 2.45) is 5.73 Å². The van der Waals surface area contributed by atoms with Gasteiger partial charge in [-0.1, -0.05) is 6.07 Å². The highest BCUT2D eigenvalue weighted by Gasteiger charge is 2.19. The molecule has 2 heterocycles. The first-order valence-corrected chi connectivity index (χ1v) is 7.33. The van der Waals surface area contributed by atoms with Crippen LogP contribution in [0.5, 0.6) is 0 Å². The Labute approximate surface area is 116 Å². The molecule has 102 valence electrons. The van der Waals surface area contributed by atoms with Gasteiger partial charge in [0.25, 0.3) is 0 Å². The second-order valence-corrected chi connectivity index (χ2v) is 5.42. The molecule has 0 radical (unpaired) electrons. The lowest BCUT2D eigenvalue weighted by Crippen LogP contribution is -2.42. The van der Waals surface area contributed by atoms with Gasteiger partial charge in [-0.05, 0) is 30.7 Å². The lowest BCUT2D eigenvalue weighted by molar-refractivity contribution is -0.0335. The van der Waals surface area contributed by atoms with E-state index in [4.69, 9.17) is 10.5 Å². The molecule has 1 aliphatic heterocycles. The Morgan fingerprint density at radius 1 is 1.37 bits per heavy atom. The molecule has 1 aromatic heterocycles. The molecule has 0 unspecified atom stereocenters. The largest absolute Gasteiger partial charge is 0.376 e. The molecule has 1 fully saturated rings. The Balaban J connectivity index is 1.66. The maximum atomic E-state index is 5.70. The predicted molar refractivity (Wildman–Crippen MR) is 76.1 cm³/mol. The Hall–Kier alpha value is -1.08. The fraction of sp³-hybridized carbons (Fsp3) is 0.538. The van der Waals surface area contributed by atoms with Crippen LogP contribution in [0.15, 0.2) is 18.2 Å². The first-order chi connectivity index (χ1) is 9.35. The van der Waals surface area contributed by atoms with Gasteiger partial charge in [-0.2, -0.15) is 8.75 Å². The van der Waals surface area contributed by atoms with Crippen molar-refractivity contribution < 1.29 is 4.74 Å². The fourth-order valence-electron chi connectivity index (χ4n) is 2.47. The van der Waals surface area contributed by atoms with E-state index in [1.54, 1.807) is 0 Å². The van der Waals surface area contributed by atoms with Crippen LogP contribution in [-0.4, -0.2) is 46.0 Å². The minimum Gasteiger partial charge on any atom is -0.376 e. The first-order valence-electron chi connectivity index (χ1n) is 6.60. The number of nitrogens with zero attached hydrogens (tertiary/aromatic N) is 3. The van der Waals surface area contributed by atoms with Gasteiger partial charge in [0.05, 0.1) is 24.4 Å². The maximum absolute atomic E-state index is 5.70. The number of aromatic nitrogens is 2. The third kappa shape index (κ3) is 3.09. The summed E-state index contributed by atoms with van der Waals surface area (Å²) < 4.78 is 14.2. The van der Waals surface area contributed by atoms with Crippen LogP contribution in [0.25, 0.3) is 11.0 Å². The minimum absolute atomic E-state index is 0.281. The molecule has 0 aliphatic carbocycles. The van der Waals surface area contributed by atoms with E-state index < -0.39 is 0 Å². The number of nitrogens with two attached hydrogens (primary N) is 1. The molecule has 1 aromatic carbocycles. The van der Waals surface area contributed by atoms with Crippen LogP contribution in [0.1, 0.15) is 12.0 Å². The van der Waals surface area contributed by atoms with E-state index in [0.717, 1.165) is 43.7 Å². The molecule has 1 saturated heterocycles. The van der Waals surface area contributed by atoms with Crippen LogP contribution >= 0.6 is 11.7 Å². The van der Waals surface area contributed by atoms with Gasteiger partial charge in [0.1, 0.15) is 11.0 Å². The highest BCUT2D eigenvalue weighted by molar-refractivity contribution is 7.00. The van der Waals surface area contributed by atoms with Gasteiger partial charge in [-0.25, -0.2) is 0 Å². The molecule has 19 heavy (non-hydrogen) atoms. The molecule has 5 nitrogen and oxygen atoms in total. The van der Waals surface area contributed by atoms with Crippen molar-refractivity contribution in [1.82, 2.24) is 13.6 Å². The van der Waals surface area contributed by atoms with Gasteiger partial charge in [0.15, 0.2) is 0 Å². The van der Waals surface area contributed by atoms with Gasteiger partial charge in [0, 0.05) is 19.6 Å². The van der Waals surface area contributed by atoms with E-state index in [-0.39, 0.29) is 6.10 Å². The van der Waals surface area contributed by atoms with Crippen molar-refractivity contribution >= 4 is 22.8 Å². The highest BCUT2D eigenvalue weighted by atomic mass is 32.1. The summed E-state index contributed by atoms with van der Waals surface area (Å²) in [5.41, 5.74) is 8.86. The molecular formula is C13H18N4OS. The number of fused-ring (bicyclic) bond motifs is 1. The van der Waals surface area contributed by atoms with Crippen LogP contribution in [0, 0.1) is 0 Å². The molecule has 0 spiro atoms. The zero-order chi connectivity index (χ0) is 13.1.